The molecule has 4 rings (SSSR count). The highest BCUT2D eigenvalue weighted by Gasteiger charge is 2.32. The number of piperazine rings is 1. The Hall–Kier alpha value is -1.72. The van der Waals surface area contributed by atoms with Crippen LogP contribution in [0.4, 0.5) is 0 Å². The van der Waals surface area contributed by atoms with E-state index >= 15 is 0 Å². The number of rotatable bonds is 5. The van der Waals surface area contributed by atoms with Crippen LogP contribution in [0.15, 0.2) is 35.7 Å². The topological polar surface area (TPSA) is 36.4 Å². The fraction of sp³-hybridized carbons (Fsp3) is 0.474. The van der Waals surface area contributed by atoms with Gasteiger partial charge in [0.1, 0.15) is 0 Å². The number of hydrogen-bond acceptors (Lipinski definition) is 4. The van der Waals surface area contributed by atoms with Crippen molar-refractivity contribution in [3.63, 3.8) is 0 Å². The molecule has 0 spiro atoms. The monoisotopic (exact) mass is 341 g/mol. The van der Waals surface area contributed by atoms with E-state index in [2.05, 4.69) is 34.1 Å². The van der Waals surface area contributed by atoms with E-state index in [1.165, 1.54) is 18.4 Å². The molecule has 2 fully saturated rings. The first-order valence-electron chi connectivity index (χ1n) is 8.77. The van der Waals surface area contributed by atoms with Crippen molar-refractivity contribution in [3.8, 4) is 0 Å². The van der Waals surface area contributed by atoms with Crippen molar-refractivity contribution in [2.24, 2.45) is 0 Å². The predicted molar refractivity (Wildman–Crippen MR) is 96.2 cm³/mol. The molecule has 0 bridgehead atoms. The number of hydrogen-bond donors (Lipinski definition) is 0. The van der Waals surface area contributed by atoms with Gasteiger partial charge in [0, 0.05) is 44.0 Å². The van der Waals surface area contributed by atoms with E-state index in [0.717, 1.165) is 49.3 Å². The van der Waals surface area contributed by atoms with E-state index in [0.29, 0.717) is 6.42 Å². The predicted octanol–water partition coefficient (Wildman–Crippen LogP) is 2.58. The maximum atomic E-state index is 12.5. The largest absolute Gasteiger partial charge is 0.340 e. The normalized spacial score (nSPS) is 18.8. The first-order chi connectivity index (χ1) is 11.8. The first kappa shape index (κ1) is 15.8. The van der Waals surface area contributed by atoms with Crippen molar-refractivity contribution >= 4 is 17.2 Å². The van der Waals surface area contributed by atoms with E-state index in [4.69, 9.17) is 0 Å². The summed E-state index contributed by atoms with van der Waals surface area (Å²) in [6.07, 6.45) is 3.97. The van der Waals surface area contributed by atoms with Crippen LogP contribution in [0.3, 0.4) is 0 Å². The van der Waals surface area contributed by atoms with Gasteiger partial charge in [-0.3, -0.25) is 9.69 Å². The van der Waals surface area contributed by atoms with Crippen molar-refractivity contribution in [1.82, 2.24) is 14.8 Å². The molecule has 1 saturated heterocycles. The van der Waals surface area contributed by atoms with Gasteiger partial charge in [0.25, 0.3) is 0 Å². The summed E-state index contributed by atoms with van der Waals surface area (Å²) in [5, 5.41) is 3.12. The third-order valence-corrected chi connectivity index (χ3v) is 5.76. The molecule has 1 aliphatic heterocycles. The molecule has 1 amide bonds. The van der Waals surface area contributed by atoms with Gasteiger partial charge < -0.3 is 4.90 Å². The van der Waals surface area contributed by atoms with E-state index in [-0.39, 0.29) is 5.91 Å². The van der Waals surface area contributed by atoms with Crippen LogP contribution in [0.1, 0.15) is 29.1 Å². The Morgan fingerprint density at radius 3 is 2.58 bits per heavy atom. The molecule has 0 radical (unpaired) electrons. The number of benzene rings is 1. The number of amides is 1. The van der Waals surface area contributed by atoms with Crippen LogP contribution in [0, 0.1) is 0 Å². The zero-order valence-electron chi connectivity index (χ0n) is 13.9. The lowest BCUT2D eigenvalue weighted by Gasteiger charge is -2.34. The van der Waals surface area contributed by atoms with E-state index < -0.39 is 0 Å². The third kappa shape index (κ3) is 3.84. The lowest BCUT2D eigenvalue weighted by atomic mass is 10.2. The molecule has 0 unspecified atom stereocenters. The summed E-state index contributed by atoms with van der Waals surface area (Å²) < 4.78 is 0. The Morgan fingerprint density at radius 2 is 1.88 bits per heavy atom. The minimum atomic E-state index is 0.224. The van der Waals surface area contributed by atoms with Gasteiger partial charge in [0.15, 0.2) is 0 Å². The van der Waals surface area contributed by atoms with Crippen molar-refractivity contribution < 1.29 is 4.79 Å². The minimum absolute atomic E-state index is 0.224. The maximum Gasteiger partial charge on any atom is 0.228 e. The second-order valence-electron chi connectivity index (χ2n) is 6.72. The Balaban J connectivity index is 1.30. The van der Waals surface area contributed by atoms with E-state index in [1.54, 1.807) is 11.3 Å². The zero-order valence-corrected chi connectivity index (χ0v) is 14.7. The second kappa shape index (κ2) is 7.03. The quantitative estimate of drug-likeness (QED) is 0.839. The van der Waals surface area contributed by atoms with Crippen molar-refractivity contribution in [1.29, 1.82) is 0 Å². The molecule has 1 saturated carbocycles. The fourth-order valence-corrected chi connectivity index (χ4v) is 4.15. The van der Waals surface area contributed by atoms with Crippen LogP contribution in [0.25, 0.3) is 0 Å². The van der Waals surface area contributed by atoms with Crippen LogP contribution in [-0.4, -0.2) is 52.9 Å². The summed E-state index contributed by atoms with van der Waals surface area (Å²) >= 11 is 1.66. The number of thiazole rings is 1. The van der Waals surface area contributed by atoms with E-state index in [9.17, 15) is 4.79 Å². The summed E-state index contributed by atoms with van der Waals surface area (Å²) in [7, 11) is 0. The summed E-state index contributed by atoms with van der Waals surface area (Å²) in [5.41, 5.74) is 2.18. The van der Waals surface area contributed by atoms with Crippen molar-refractivity contribution in [3.05, 3.63) is 52.0 Å². The molecule has 0 atom stereocenters. The maximum absolute atomic E-state index is 12.5. The van der Waals surface area contributed by atoms with Gasteiger partial charge in [0.05, 0.1) is 17.1 Å². The van der Waals surface area contributed by atoms with Crippen LogP contribution >= 0.6 is 11.3 Å². The SMILES string of the molecule is O=C(Cc1csc(Cc2ccccc2)n1)N1CCN(C2CC2)CC1. The van der Waals surface area contributed by atoms with Crippen molar-refractivity contribution in [2.45, 2.75) is 31.7 Å². The average molecular weight is 341 g/mol. The van der Waals surface area contributed by atoms with Gasteiger partial charge >= 0.3 is 0 Å². The highest BCUT2D eigenvalue weighted by molar-refractivity contribution is 7.09. The van der Waals surface area contributed by atoms with Crippen LogP contribution in [0.5, 0.6) is 0 Å². The first-order valence-corrected chi connectivity index (χ1v) is 9.65. The molecule has 126 valence electrons. The summed E-state index contributed by atoms with van der Waals surface area (Å²) in [4.78, 5) is 21.7. The average Bonchev–Trinajstić information content (AvgIpc) is 3.38. The number of aromatic nitrogens is 1. The molecular formula is C19H23N3OS. The highest BCUT2D eigenvalue weighted by atomic mass is 32.1. The van der Waals surface area contributed by atoms with Crippen LogP contribution in [0.2, 0.25) is 0 Å². The van der Waals surface area contributed by atoms with Crippen LogP contribution < -0.4 is 0 Å². The summed E-state index contributed by atoms with van der Waals surface area (Å²) in [6, 6.07) is 11.2. The fourth-order valence-electron chi connectivity index (χ4n) is 3.32. The Kier molecular flexibility index (Phi) is 4.63. The Morgan fingerprint density at radius 1 is 1.12 bits per heavy atom. The Bertz CT molecular complexity index is 688. The molecule has 2 aliphatic rings. The zero-order chi connectivity index (χ0) is 16.4. The molecule has 4 nitrogen and oxygen atoms in total. The van der Waals surface area contributed by atoms with E-state index in [1.807, 2.05) is 16.3 Å². The molecule has 1 aliphatic carbocycles. The molecule has 1 aromatic carbocycles. The molecule has 1 aromatic heterocycles. The number of nitrogens with zero attached hydrogens (tertiary/aromatic N) is 3. The smallest absolute Gasteiger partial charge is 0.228 e. The minimum Gasteiger partial charge on any atom is -0.340 e. The van der Waals surface area contributed by atoms with Gasteiger partial charge in [-0.25, -0.2) is 4.98 Å². The molecule has 5 heteroatoms. The lowest BCUT2D eigenvalue weighted by molar-refractivity contribution is -0.132. The van der Waals surface area contributed by atoms with Gasteiger partial charge in [-0.15, -0.1) is 11.3 Å². The molecule has 24 heavy (non-hydrogen) atoms. The molecular weight excluding hydrogens is 318 g/mol. The van der Waals surface area contributed by atoms with Crippen molar-refractivity contribution in [2.75, 3.05) is 26.2 Å². The van der Waals surface area contributed by atoms with Gasteiger partial charge in [-0.2, -0.15) is 0 Å². The van der Waals surface area contributed by atoms with Gasteiger partial charge in [-0.1, -0.05) is 30.3 Å². The lowest BCUT2D eigenvalue weighted by Crippen LogP contribution is -2.49. The summed E-state index contributed by atoms with van der Waals surface area (Å²) in [6.45, 7) is 3.81. The Labute approximate surface area is 147 Å². The number of carbonyl (C=O) groups excluding carboxylic acids is 1. The molecule has 2 aromatic rings. The van der Waals surface area contributed by atoms with Gasteiger partial charge in [0.2, 0.25) is 5.91 Å². The number of carbonyl (C=O) groups is 1. The third-order valence-electron chi connectivity index (χ3n) is 4.86. The van der Waals surface area contributed by atoms with Gasteiger partial charge in [-0.05, 0) is 18.4 Å². The summed E-state index contributed by atoms with van der Waals surface area (Å²) in [5.74, 6) is 0.224. The molecule has 0 N–H and O–H groups in total. The van der Waals surface area contributed by atoms with Crippen LogP contribution in [-0.2, 0) is 17.6 Å². The highest BCUT2D eigenvalue weighted by Crippen LogP contribution is 2.27. The molecule has 2 heterocycles. The second-order valence-corrected chi connectivity index (χ2v) is 7.66. The standard InChI is InChI=1S/C19H23N3OS/c23-19(22-10-8-21(9-11-22)17-6-7-17)13-16-14-24-18(20-16)12-15-4-2-1-3-5-15/h1-5,14,17H,6-13H2.